The van der Waals surface area contributed by atoms with Gasteiger partial charge in [0.15, 0.2) is 5.65 Å². The van der Waals surface area contributed by atoms with Crippen molar-refractivity contribution in [1.82, 2.24) is 14.5 Å². The van der Waals surface area contributed by atoms with Crippen LogP contribution in [0.25, 0.3) is 16.7 Å². The van der Waals surface area contributed by atoms with E-state index >= 15 is 0 Å². The summed E-state index contributed by atoms with van der Waals surface area (Å²) in [6.45, 7) is 10.5. The van der Waals surface area contributed by atoms with Gasteiger partial charge >= 0.3 is 0 Å². The van der Waals surface area contributed by atoms with Crippen LogP contribution in [-0.2, 0) is 0 Å². The van der Waals surface area contributed by atoms with Crippen LogP contribution >= 0.6 is 15.9 Å². The SMILES string of the molecule is Cc1nc(N2CC[CH]CC2)c2c(C)cn(-c3c(C)cc(Br)cc3C)c2n1. The first kappa shape index (κ1) is 17.5. The number of halogens is 1. The highest BCUT2D eigenvalue weighted by Crippen LogP contribution is 2.34. The van der Waals surface area contributed by atoms with Crippen molar-refractivity contribution in [3.63, 3.8) is 0 Å². The van der Waals surface area contributed by atoms with Crippen LogP contribution in [0.5, 0.6) is 0 Å². The summed E-state index contributed by atoms with van der Waals surface area (Å²) in [5.41, 5.74) is 5.92. The Balaban J connectivity index is 1.98. The zero-order valence-electron chi connectivity index (χ0n) is 15.8. The first-order valence-corrected chi connectivity index (χ1v) is 9.95. The maximum Gasteiger partial charge on any atom is 0.150 e. The molecule has 5 heteroatoms. The Morgan fingerprint density at radius 2 is 1.58 bits per heavy atom. The molecular weight excluding hydrogens is 388 g/mol. The quantitative estimate of drug-likeness (QED) is 0.579. The second kappa shape index (κ2) is 6.69. The first-order chi connectivity index (χ1) is 12.5. The number of rotatable bonds is 2. The van der Waals surface area contributed by atoms with Gasteiger partial charge in [-0.2, -0.15) is 0 Å². The maximum absolute atomic E-state index is 4.84. The molecular formula is C21H24BrN4. The number of hydrogen-bond donors (Lipinski definition) is 0. The number of anilines is 1. The van der Waals surface area contributed by atoms with E-state index in [1.54, 1.807) is 0 Å². The molecule has 0 saturated carbocycles. The van der Waals surface area contributed by atoms with Crippen molar-refractivity contribution in [2.45, 2.75) is 40.5 Å². The monoisotopic (exact) mass is 411 g/mol. The zero-order chi connectivity index (χ0) is 18.4. The van der Waals surface area contributed by atoms with Crippen LogP contribution in [-0.4, -0.2) is 27.6 Å². The third-order valence-electron chi connectivity index (χ3n) is 5.13. The number of aromatic nitrogens is 3. The minimum Gasteiger partial charge on any atom is -0.356 e. The fourth-order valence-electron chi connectivity index (χ4n) is 4.03. The molecule has 1 saturated heterocycles. The highest BCUT2D eigenvalue weighted by Gasteiger charge is 2.21. The van der Waals surface area contributed by atoms with Gasteiger partial charge in [0.1, 0.15) is 11.6 Å². The topological polar surface area (TPSA) is 34.0 Å². The molecule has 0 aliphatic carbocycles. The van der Waals surface area contributed by atoms with Crippen LogP contribution in [0.3, 0.4) is 0 Å². The van der Waals surface area contributed by atoms with Gasteiger partial charge in [0.2, 0.25) is 0 Å². The molecule has 1 aliphatic rings. The molecule has 1 aliphatic heterocycles. The van der Waals surface area contributed by atoms with Gasteiger partial charge in [-0.05, 0) is 75.8 Å². The predicted octanol–water partition coefficient (Wildman–Crippen LogP) is 5.22. The van der Waals surface area contributed by atoms with Crippen molar-refractivity contribution in [1.29, 1.82) is 0 Å². The Bertz CT molecular complexity index is 960. The molecule has 1 aromatic carbocycles. The molecule has 0 unspecified atom stereocenters. The Kier molecular flexibility index (Phi) is 4.51. The van der Waals surface area contributed by atoms with Crippen molar-refractivity contribution < 1.29 is 0 Å². The van der Waals surface area contributed by atoms with E-state index in [-0.39, 0.29) is 0 Å². The van der Waals surface area contributed by atoms with Crippen molar-refractivity contribution in [3.05, 3.63) is 51.7 Å². The number of hydrogen-bond acceptors (Lipinski definition) is 3. The Morgan fingerprint density at radius 3 is 2.23 bits per heavy atom. The van der Waals surface area contributed by atoms with E-state index < -0.39 is 0 Å². The molecule has 1 radical (unpaired) electrons. The lowest BCUT2D eigenvalue weighted by Crippen LogP contribution is -2.31. The first-order valence-electron chi connectivity index (χ1n) is 9.15. The summed E-state index contributed by atoms with van der Waals surface area (Å²) in [6, 6.07) is 4.33. The highest BCUT2D eigenvalue weighted by atomic mass is 79.9. The van der Waals surface area contributed by atoms with Gasteiger partial charge in [-0.15, -0.1) is 0 Å². The summed E-state index contributed by atoms with van der Waals surface area (Å²) in [4.78, 5) is 12.1. The minimum atomic E-state index is 0.828. The van der Waals surface area contributed by atoms with Gasteiger partial charge in [0, 0.05) is 23.8 Å². The molecule has 3 heterocycles. The molecule has 0 amide bonds. The molecule has 0 spiro atoms. The lowest BCUT2D eigenvalue weighted by molar-refractivity contribution is 0.671. The van der Waals surface area contributed by atoms with E-state index in [4.69, 9.17) is 9.97 Å². The number of piperidine rings is 1. The average molecular weight is 412 g/mol. The van der Waals surface area contributed by atoms with E-state index in [0.29, 0.717) is 0 Å². The molecule has 0 atom stereocenters. The summed E-state index contributed by atoms with van der Waals surface area (Å²) in [5, 5.41) is 1.18. The molecule has 0 N–H and O–H groups in total. The van der Waals surface area contributed by atoms with Gasteiger partial charge in [0.05, 0.1) is 11.1 Å². The molecule has 135 valence electrons. The third-order valence-corrected chi connectivity index (χ3v) is 5.59. The van der Waals surface area contributed by atoms with Gasteiger partial charge in [0.25, 0.3) is 0 Å². The Labute approximate surface area is 163 Å². The van der Waals surface area contributed by atoms with E-state index in [9.17, 15) is 0 Å². The lowest BCUT2D eigenvalue weighted by atomic mass is 10.1. The third kappa shape index (κ3) is 2.92. The van der Waals surface area contributed by atoms with Crippen molar-refractivity contribution in [3.8, 4) is 5.69 Å². The number of benzene rings is 1. The van der Waals surface area contributed by atoms with Crippen LogP contribution in [0, 0.1) is 34.1 Å². The zero-order valence-corrected chi connectivity index (χ0v) is 17.4. The van der Waals surface area contributed by atoms with Gasteiger partial charge in [-0.1, -0.05) is 15.9 Å². The predicted molar refractivity (Wildman–Crippen MR) is 111 cm³/mol. The minimum absolute atomic E-state index is 0.828. The largest absolute Gasteiger partial charge is 0.356 e. The van der Waals surface area contributed by atoms with Gasteiger partial charge in [-0.25, -0.2) is 9.97 Å². The summed E-state index contributed by atoms with van der Waals surface area (Å²) in [6.07, 6.45) is 6.82. The molecule has 4 rings (SSSR count). The van der Waals surface area contributed by atoms with Crippen LogP contribution in [0.1, 0.15) is 35.4 Å². The standard InChI is InChI=1S/C21H24BrN4/c1-13-10-17(22)11-14(2)19(13)26-12-15(3)18-20(23-16(4)24-21(18)26)25-8-6-5-7-9-25/h5,10-12H,6-9H2,1-4H3. The van der Waals surface area contributed by atoms with Crippen LogP contribution in [0.4, 0.5) is 5.82 Å². The Morgan fingerprint density at radius 1 is 0.923 bits per heavy atom. The molecule has 3 aromatic rings. The van der Waals surface area contributed by atoms with Crippen molar-refractivity contribution in [2.24, 2.45) is 0 Å². The van der Waals surface area contributed by atoms with Crippen LogP contribution in [0.15, 0.2) is 22.8 Å². The second-order valence-electron chi connectivity index (χ2n) is 7.22. The summed E-state index contributed by atoms with van der Waals surface area (Å²) >= 11 is 3.61. The van der Waals surface area contributed by atoms with Crippen LogP contribution < -0.4 is 4.90 Å². The van der Waals surface area contributed by atoms with Crippen LogP contribution in [0.2, 0.25) is 0 Å². The van der Waals surface area contributed by atoms with E-state index in [1.165, 1.54) is 27.8 Å². The smallest absolute Gasteiger partial charge is 0.150 e. The number of nitrogens with zero attached hydrogens (tertiary/aromatic N) is 4. The van der Waals surface area contributed by atoms with E-state index in [0.717, 1.165) is 47.7 Å². The normalized spacial score (nSPS) is 15.0. The van der Waals surface area contributed by atoms with Gasteiger partial charge in [-0.3, -0.25) is 0 Å². The second-order valence-corrected chi connectivity index (χ2v) is 8.13. The highest BCUT2D eigenvalue weighted by molar-refractivity contribution is 9.10. The lowest BCUT2D eigenvalue weighted by Gasteiger charge is -2.28. The molecule has 26 heavy (non-hydrogen) atoms. The molecule has 1 fully saturated rings. The van der Waals surface area contributed by atoms with E-state index in [1.807, 2.05) is 6.92 Å². The maximum atomic E-state index is 4.84. The molecule has 2 aromatic heterocycles. The molecule has 4 nitrogen and oxygen atoms in total. The average Bonchev–Trinajstić information content (AvgIpc) is 2.90. The fraction of sp³-hybridized carbons (Fsp3) is 0.381. The fourth-order valence-corrected chi connectivity index (χ4v) is 4.72. The molecule has 0 bridgehead atoms. The summed E-state index contributed by atoms with van der Waals surface area (Å²) < 4.78 is 3.36. The number of fused-ring (bicyclic) bond motifs is 1. The van der Waals surface area contributed by atoms with Gasteiger partial charge < -0.3 is 9.47 Å². The van der Waals surface area contributed by atoms with Crippen molar-refractivity contribution in [2.75, 3.05) is 18.0 Å². The van der Waals surface area contributed by atoms with Crippen molar-refractivity contribution >= 4 is 32.8 Å². The van der Waals surface area contributed by atoms with E-state index in [2.05, 4.69) is 70.9 Å². The summed E-state index contributed by atoms with van der Waals surface area (Å²) in [7, 11) is 0. The Hall–Kier alpha value is -1.88. The summed E-state index contributed by atoms with van der Waals surface area (Å²) in [5.74, 6) is 1.91. The number of aryl methyl sites for hydroxylation is 4.